The first-order chi connectivity index (χ1) is 10.7. The number of rotatable bonds is 3. The van der Waals surface area contributed by atoms with Gasteiger partial charge in [0.15, 0.2) is 0 Å². The van der Waals surface area contributed by atoms with Crippen LogP contribution >= 0.6 is 17.0 Å². The second-order valence-electron chi connectivity index (χ2n) is 7.43. The van der Waals surface area contributed by atoms with Crippen LogP contribution in [0.2, 0.25) is 0 Å². The second-order valence-corrected chi connectivity index (χ2v) is 7.43. The van der Waals surface area contributed by atoms with Crippen LogP contribution in [0.4, 0.5) is 0 Å². The summed E-state index contributed by atoms with van der Waals surface area (Å²) in [5, 5.41) is 0. The monoisotopic (exact) mass is 377 g/mol. The summed E-state index contributed by atoms with van der Waals surface area (Å²) in [5.41, 5.74) is 3.61. The first-order valence-corrected chi connectivity index (χ1v) is 8.82. The van der Waals surface area contributed by atoms with Gasteiger partial charge in [0.2, 0.25) is 0 Å². The van der Waals surface area contributed by atoms with Crippen molar-refractivity contribution < 1.29 is 4.74 Å². The third-order valence-electron chi connectivity index (χ3n) is 6.45. The summed E-state index contributed by atoms with van der Waals surface area (Å²) < 4.78 is 5.83. The van der Waals surface area contributed by atoms with E-state index < -0.39 is 0 Å². The van der Waals surface area contributed by atoms with Crippen molar-refractivity contribution in [1.29, 1.82) is 0 Å². The Morgan fingerprint density at radius 1 is 1.35 bits per heavy atom. The predicted molar refractivity (Wildman–Crippen MR) is 101 cm³/mol. The van der Waals surface area contributed by atoms with Gasteiger partial charge in [-0.05, 0) is 68.5 Å². The summed E-state index contributed by atoms with van der Waals surface area (Å²) >= 11 is 0. The van der Waals surface area contributed by atoms with Crippen LogP contribution in [0, 0.1) is 5.92 Å². The lowest BCUT2D eigenvalue weighted by atomic mass is 9.52. The van der Waals surface area contributed by atoms with Crippen LogP contribution in [0.3, 0.4) is 0 Å². The maximum atomic E-state index is 5.83. The summed E-state index contributed by atoms with van der Waals surface area (Å²) in [5.74, 6) is 1.87. The van der Waals surface area contributed by atoms with Gasteiger partial charge in [-0.15, -0.1) is 17.0 Å². The molecule has 2 nitrogen and oxygen atoms in total. The summed E-state index contributed by atoms with van der Waals surface area (Å²) in [4.78, 5) is 2.62. The van der Waals surface area contributed by atoms with Crippen molar-refractivity contribution in [2.24, 2.45) is 5.92 Å². The maximum absolute atomic E-state index is 5.83. The van der Waals surface area contributed by atoms with Gasteiger partial charge in [-0.3, -0.25) is 0 Å². The van der Waals surface area contributed by atoms with Gasteiger partial charge in [0.05, 0.1) is 0 Å². The highest BCUT2D eigenvalue weighted by Crippen LogP contribution is 2.55. The van der Waals surface area contributed by atoms with Crippen molar-refractivity contribution in [2.75, 3.05) is 20.2 Å². The first-order valence-electron chi connectivity index (χ1n) is 8.82. The van der Waals surface area contributed by atoms with Crippen molar-refractivity contribution in [2.45, 2.75) is 50.0 Å². The van der Waals surface area contributed by atoms with Gasteiger partial charge in [0, 0.05) is 11.5 Å². The number of fused-ring (bicyclic) bond motifs is 1. The van der Waals surface area contributed by atoms with Crippen molar-refractivity contribution in [1.82, 2.24) is 4.90 Å². The highest BCUT2D eigenvalue weighted by atomic mass is 79.9. The molecule has 4 rings (SSSR count). The van der Waals surface area contributed by atoms with Gasteiger partial charge < -0.3 is 9.64 Å². The number of ether oxygens (including phenoxy) is 1. The van der Waals surface area contributed by atoms with Gasteiger partial charge in [0.1, 0.15) is 12.4 Å². The fourth-order valence-corrected chi connectivity index (χ4v) is 5.42. The van der Waals surface area contributed by atoms with Gasteiger partial charge in [-0.2, -0.15) is 0 Å². The lowest BCUT2D eigenvalue weighted by Gasteiger charge is -2.58. The van der Waals surface area contributed by atoms with Crippen molar-refractivity contribution in [3.8, 4) is 5.75 Å². The Balaban J connectivity index is 0.00000156. The first kappa shape index (κ1) is 17.0. The lowest BCUT2D eigenvalue weighted by Crippen LogP contribution is -2.59. The molecule has 3 heteroatoms. The van der Waals surface area contributed by atoms with Gasteiger partial charge >= 0.3 is 0 Å². The van der Waals surface area contributed by atoms with Crippen LogP contribution in [0.5, 0.6) is 5.75 Å². The van der Waals surface area contributed by atoms with E-state index in [-0.39, 0.29) is 17.0 Å². The molecule has 0 amide bonds. The van der Waals surface area contributed by atoms with E-state index in [2.05, 4.69) is 36.7 Å². The average molecular weight is 378 g/mol. The smallest absolute Gasteiger partial charge is 0.120 e. The zero-order chi connectivity index (χ0) is 15.2. The number of nitrogens with zero attached hydrogens (tertiary/aromatic N) is 1. The van der Waals surface area contributed by atoms with E-state index >= 15 is 0 Å². The fraction of sp³-hybridized carbons (Fsp3) is 0.600. The molecule has 1 saturated heterocycles. The molecule has 1 aromatic carbocycles. The molecule has 1 aliphatic heterocycles. The van der Waals surface area contributed by atoms with Crippen molar-refractivity contribution in [3.05, 3.63) is 42.0 Å². The highest BCUT2D eigenvalue weighted by Gasteiger charge is 2.53. The molecular weight excluding hydrogens is 350 g/mol. The highest BCUT2D eigenvalue weighted by molar-refractivity contribution is 8.93. The lowest BCUT2D eigenvalue weighted by molar-refractivity contribution is 0.00272. The number of hydrogen-bond acceptors (Lipinski definition) is 2. The standard InChI is InChI=1S/C20H27NO.BrH/c1-3-12-22-16-8-7-15-13-19-17-6-4-5-9-20(17,18(15)14-16)10-11-21(19)2;/h3,7-8,14,17,19H,1,4-6,9-13H2,2H3;1H/t17-,19-,20-;/m0./s1. The molecule has 0 aromatic heterocycles. The minimum absolute atomic E-state index is 0. The molecule has 3 atom stereocenters. The third-order valence-corrected chi connectivity index (χ3v) is 6.45. The number of piperidine rings is 1. The Labute approximate surface area is 150 Å². The topological polar surface area (TPSA) is 12.5 Å². The average Bonchev–Trinajstić information content (AvgIpc) is 2.56. The van der Waals surface area contributed by atoms with Gasteiger partial charge in [-0.1, -0.05) is 31.6 Å². The zero-order valence-electron chi connectivity index (χ0n) is 14.1. The van der Waals surface area contributed by atoms with E-state index in [1.165, 1.54) is 45.1 Å². The third kappa shape index (κ3) is 2.66. The van der Waals surface area contributed by atoms with E-state index in [0.717, 1.165) is 17.7 Å². The predicted octanol–water partition coefficient (Wildman–Crippen LogP) is 4.52. The SMILES string of the molecule is Br.C=CCOc1ccc2c(c1)[C@]13CCCC[C@H]1[C@H](C2)N(C)CC3. The number of halogens is 1. The van der Waals surface area contributed by atoms with Crippen LogP contribution in [-0.4, -0.2) is 31.1 Å². The number of likely N-dealkylation sites (N-methyl/N-ethyl adjacent to an activating group) is 1. The second kappa shape index (κ2) is 6.60. The van der Waals surface area contributed by atoms with Crippen molar-refractivity contribution >= 4 is 17.0 Å². The van der Waals surface area contributed by atoms with E-state index in [0.29, 0.717) is 12.0 Å². The van der Waals surface area contributed by atoms with Gasteiger partial charge in [0.25, 0.3) is 0 Å². The number of hydrogen-bond donors (Lipinski definition) is 0. The molecule has 23 heavy (non-hydrogen) atoms. The molecule has 3 aliphatic rings. The van der Waals surface area contributed by atoms with E-state index in [9.17, 15) is 0 Å². The Morgan fingerprint density at radius 3 is 3.04 bits per heavy atom. The van der Waals surface area contributed by atoms with E-state index in [1.54, 1.807) is 11.1 Å². The summed E-state index contributed by atoms with van der Waals surface area (Å²) in [6, 6.07) is 7.59. The van der Waals surface area contributed by atoms with Gasteiger partial charge in [-0.25, -0.2) is 0 Å². The minimum Gasteiger partial charge on any atom is -0.490 e. The Kier molecular flexibility index (Phi) is 4.89. The quantitative estimate of drug-likeness (QED) is 0.718. The molecule has 0 spiro atoms. The van der Waals surface area contributed by atoms with E-state index in [1.807, 2.05) is 6.08 Å². The summed E-state index contributed by atoms with van der Waals surface area (Å²) in [6.07, 6.45) is 9.96. The maximum Gasteiger partial charge on any atom is 0.120 e. The molecule has 2 fully saturated rings. The van der Waals surface area contributed by atoms with Crippen LogP contribution in [0.1, 0.15) is 43.2 Å². The number of benzene rings is 1. The number of likely N-dealkylation sites (tertiary alicyclic amines) is 1. The summed E-state index contributed by atoms with van der Waals surface area (Å²) in [7, 11) is 2.33. The molecule has 2 aliphatic carbocycles. The largest absolute Gasteiger partial charge is 0.490 e. The van der Waals surface area contributed by atoms with Crippen LogP contribution in [0.25, 0.3) is 0 Å². The van der Waals surface area contributed by atoms with Crippen LogP contribution in [0.15, 0.2) is 30.9 Å². The minimum atomic E-state index is 0. The Bertz CT molecular complexity index is 587. The van der Waals surface area contributed by atoms with E-state index in [4.69, 9.17) is 4.74 Å². The molecule has 0 radical (unpaired) electrons. The zero-order valence-corrected chi connectivity index (χ0v) is 15.8. The fourth-order valence-electron chi connectivity index (χ4n) is 5.42. The molecule has 1 saturated carbocycles. The van der Waals surface area contributed by atoms with Crippen LogP contribution < -0.4 is 4.74 Å². The summed E-state index contributed by atoms with van der Waals surface area (Å²) in [6.45, 7) is 5.60. The molecule has 1 heterocycles. The van der Waals surface area contributed by atoms with Crippen molar-refractivity contribution in [3.63, 3.8) is 0 Å². The molecule has 0 N–H and O–H groups in total. The van der Waals surface area contributed by atoms with Crippen LogP contribution in [-0.2, 0) is 11.8 Å². The molecule has 1 aromatic rings. The molecule has 2 bridgehead atoms. The Morgan fingerprint density at radius 2 is 2.22 bits per heavy atom. The molecular formula is C20H28BrNO. The normalized spacial score (nSPS) is 32.2. The molecule has 0 unspecified atom stereocenters. The Hall–Kier alpha value is -0.800. The molecule has 126 valence electrons.